The number of fused-ring (bicyclic) bond motifs is 2. The lowest BCUT2D eigenvalue weighted by Gasteiger charge is -2.31. The third kappa shape index (κ3) is 2.81. The van der Waals surface area contributed by atoms with Crippen LogP contribution in [0.25, 0.3) is 0 Å². The number of amides is 1. The molecule has 0 radical (unpaired) electrons. The highest BCUT2D eigenvalue weighted by Crippen LogP contribution is 2.48. The highest BCUT2D eigenvalue weighted by atomic mass is 16.3. The zero-order valence-electron chi connectivity index (χ0n) is 11.8. The molecule has 0 aromatic heterocycles. The van der Waals surface area contributed by atoms with E-state index in [2.05, 4.69) is 5.32 Å². The molecule has 3 aliphatic rings. The predicted molar refractivity (Wildman–Crippen MR) is 74.5 cm³/mol. The number of nitrogens with one attached hydrogen (secondary N) is 1. The second kappa shape index (κ2) is 5.82. The number of rotatable bonds is 4. The van der Waals surface area contributed by atoms with Gasteiger partial charge in [-0.3, -0.25) is 4.79 Å². The Labute approximate surface area is 116 Å². The number of aliphatic hydroxyl groups excluding tert-OH is 1. The summed E-state index contributed by atoms with van der Waals surface area (Å²) in [6, 6.07) is 0.264. The van der Waals surface area contributed by atoms with Crippen molar-refractivity contribution in [1.29, 1.82) is 0 Å². The van der Waals surface area contributed by atoms with E-state index >= 15 is 0 Å². The lowest BCUT2D eigenvalue weighted by Crippen LogP contribution is -2.45. The van der Waals surface area contributed by atoms with Gasteiger partial charge in [0.15, 0.2) is 0 Å². The number of aliphatic hydroxyl groups is 1. The smallest absolute Gasteiger partial charge is 0.220 e. The van der Waals surface area contributed by atoms with Gasteiger partial charge in [0, 0.05) is 25.0 Å². The molecule has 4 atom stereocenters. The van der Waals surface area contributed by atoms with Crippen LogP contribution < -0.4 is 5.32 Å². The fourth-order valence-corrected chi connectivity index (χ4v) is 4.80. The zero-order chi connectivity index (χ0) is 13.2. The molecule has 0 heterocycles. The van der Waals surface area contributed by atoms with Crippen LogP contribution in [0.1, 0.15) is 57.8 Å². The van der Waals surface area contributed by atoms with Gasteiger partial charge in [0.25, 0.3) is 0 Å². The van der Waals surface area contributed by atoms with Crippen LogP contribution in [-0.4, -0.2) is 23.7 Å². The Balaban J connectivity index is 1.51. The third-order valence-electron chi connectivity index (χ3n) is 5.83. The van der Waals surface area contributed by atoms with E-state index in [-0.39, 0.29) is 18.6 Å². The minimum absolute atomic E-state index is 0.239. The van der Waals surface area contributed by atoms with Gasteiger partial charge in [0.2, 0.25) is 5.91 Å². The van der Waals surface area contributed by atoms with E-state index in [0.717, 1.165) is 0 Å². The van der Waals surface area contributed by atoms with E-state index in [1.807, 2.05) is 0 Å². The Hall–Kier alpha value is -0.570. The maximum atomic E-state index is 12.2. The van der Waals surface area contributed by atoms with Crippen molar-refractivity contribution in [1.82, 2.24) is 5.32 Å². The van der Waals surface area contributed by atoms with Gasteiger partial charge in [-0.25, -0.2) is 0 Å². The monoisotopic (exact) mass is 265 g/mol. The van der Waals surface area contributed by atoms with Crippen molar-refractivity contribution in [3.05, 3.63) is 0 Å². The van der Waals surface area contributed by atoms with E-state index in [4.69, 9.17) is 0 Å². The van der Waals surface area contributed by atoms with Crippen molar-refractivity contribution in [2.45, 2.75) is 63.8 Å². The molecule has 3 heteroatoms. The Kier molecular flexibility index (Phi) is 4.11. The lowest BCUT2D eigenvalue weighted by atomic mass is 9.84. The fraction of sp³-hybridized carbons (Fsp3) is 0.938. The Morgan fingerprint density at radius 3 is 2.53 bits per heavy atom. The summed E-state index contributed by atoms with van der Waals surface area (Å²) in [5.41, 5.74) is 0. The van der Waals surface area contributed by atoms with Crippen LogP contribution in [0.5, 0.6) is 0 Å². The molecule has 3 aliphatic carbocycles. The number of hydrogen-bond acceptors (Lipinski definition) is 2. The fourth-order valence-electron chi connectivity index (χ4n) is 4.80. The van der Waals surface area contributed by atoms with Gasteiger partial charge < -0.3 is 10.4 Å². The number of carbonyl (C=O) groups excluding carboxylic acids is 1. The van der Waals surface area contributed by atoms with E-state index in [1.54, 1.807) is 0 Å². The van der Waals surface area contributed by atoms with Gasteiger partial charge in [-0.05, 0) is 49.9 Å². The van der Waals surface area contributed by atoms with Gasteiger partial charge in [0.1, 0.15) is 0 Å². The zero-order valence-corrected chi connectivity index (χ0v) is 11.8. The summed E-state index contributed by atoms with van der Waals surface area (Å²) in [7, 11) is 0. The third-order valence-corrected chi connectivity index (χ3v) is 5.83. The van der Waals surface area contributed by atoms with Crippen LogP contribution in [0.4, 0.5) is 0 Å². The minimum Gasteiger partial charge on any atom is -0.396 e. The maximum absolute atomic E-state index is 12.2. The molecule has 3 saturated carbocycles. The summed E-state index contributed by atoms with van der Waals surface area (Å²) < 4.78 is 0. The first-order valence-corrected chi connectivity index (χ1v) is 8.18. The SMILES string of the molecule is O=C(CC1CCCCC1)NC1C2CCC(C2)C1CO. The molecule has 0 aromatic carbocycles. The number of hydrogen-bond donors (Lipinski definition) is 2. The Morgan fingerprint density at radius 2 is 1.79 bits per heavy atom. The molecular formula is C16H27NO2. The molecule has 3 fully saturated rings. The highest BCUT2D eigenvalue weighted by Gasteiger charge is 2.47. The van der Waals surface area contributed by atoms with Gasteiger partial charge in [-0.1, -0.05) is 19.3 Å². The van der Waals surface area contributed by atoms with Crippen LogP contribution in [0, 0.1) is 23.7 Å². The quantitative estimate of drug-likeness (QED) is 0.820. The van der Waals surface area contributed by atoms with Crippen molar-refractivity contribution in [2.24, 2.45) is 23.7 Å². The summed E-state index contributed by atoms with van der Waals surface area (Å²) in [5.74, 6) is 2.48. The molecular weight excluding hydrogens is 238 g/mol. The topological polar surface area (TPSA) is 49.3 Å². The second-order valence-electron chi connectivity index (χ2n) is 6.98. The lowest BCUT2D eigenvalue weighted by molar-refractivity contribution is -0.123. The van der Waals surface area contributed by atoms with Crippen LogP contribution in [0.3, 0.4) is 0 Å². The average molecular weight is 265 g/mol. The average Bonchev–Trinajstić information content (AvgIpc) is 3.00. The predicted octanol–water partition coefficient (Wildman–Crippen LogP) is 2.48. The van der Waals surface area contributed by atoms with E-state index in [0.29, 0.717) is 30.1 Å². The van der Waals surface area contributed by atoms with E-state index < -0.39 is 0 Å². The van der Waals surface area contributed by atoms with Crippen molar-refractivity contribution in [3.8, 4) is 0 Å². The number of carbonyl (C=O) groups is 1. The van der Waals surface area contributed by atoms with Crippen molar-refractivity contribution in [2.75, 3.05) is 6.61 Å². The van der Waals surface area contributed by atoms with Gasteiger partial charge in [-0.2, -0.15) is 0 Å². The van der Waals surface area contributed by atoms with Gasteiger partial charge >= 0.3 is 0 Å². The molecule has 4 unspecified atom stereocenters. The molecule has 0 aliphatic heterocycles. The van der Waals surface area contributed by atoms with Gasteiger partial charge in [-0.15, -0.1) is 0 Å². The standard InChI is InChI=1S/C16H27NO2/c18-10-14-12-6-7-13(9-12)16(14)17-15(19)8-11-4-2-1-3-5-11/h11-14,16,18H,1-10H2,(H,17,19). The molecule has 0 aromatic rings. The molecule has 0 saturated heterocycles. The first kappa shape index (κ1) is 13.4. The summed E-state index contributed by atoms with van der Waals surface area (Å²) in [6.45, 7) is 0.246. The maximum Gasteiger partial charge on any atom is 0.220 e. The van der Waals surface area contributed by atoms with Crippen molar-refractivity contribution in [3.63, 3.8) is 0 Å². The van der Waals surface area contributed by atoms with Crippen LogP contribution in [-0.2, 0) is 4.79 Å². The molecule has 19 heavy (non-hydrogen) atoms. The molecule has 0 spiro atoms. The molecule has 3 nitrogen and oxygen atoms in total. The van der Waals surface area contributed by atoms with Crippen LogP contribution in [0.2, 0.25) is 0 Å². The summed E-state index contributed by atoms with van der Waals surface area (Å²) >= 11 is 0. The summed E-state index contributed by atoms with van der Waals surface area (Å²) in [4.78, 5) is 12.2. The first-order valence-electron chi connectivity index (χ1n) is 8.18. The minimum atomic E-state index is 0.239. The normalized spacial score (nSPS) is 38.6. The largest absolute Gasteiger partial charge is 0.396 e. The first-order chi connectivity index (χ1) is 9.28. The second-order valence-corrected chi connectivity index (χ2v) is 6.98. The molecule has 108 valence electrons. The van der Waals surface area contributed by atoms with Crippen molar-refractivity contribution < 1.29 is 9.90 Å². The summed E-state index contributed by atoms with van der Waals surface area (Å²) in [6.07, 6.45) is 10.8. The molecule has 1 amide bonds. The molecule has 2 bridgehead atoms. The highest BCUT2D eigenvalue weighted by molar-refractivity contribution is 5.76. The Bertz CT molecular complexity index is 325. The van der Waals surface area contributed by atoms with Crippen LogP contribution in [0.15, 0.2) is 0 Å². The van der Waals surface area contributed by atoms with E-state index in [9.17, 15) is 9.90 Å². The van der Waals surface area contributed by atoms with Crippen molar-refractivity contribution >= 4 is 5.91 Å². The van der Waals surface area contributed by atoms with Crippen LogP contribution >= 0.6 is 0 Å². The van der Waals surface area contributed by atoms with Gasteiger partial charge in [0.05, 0.1) is 0 Å². The molecule has 3 rings (SSSR count). The Morgan fingerprint density at radius 1 is 1.05 bits per heavy atom. The summed E-state index contributed by atoms with van der Waals surface area (Å²) in [5, 5.41) is 12.8. The molecule has 2 N–H and O–H groups in total. The van der Waals surface area contributed by atoms with E-state index in [1.165, 1.54) is 51.4 Å².